The van der Waals surface area contributed by atoms with Crippen molar-refractivity contribution in [2.75, 3.05) is 31.5 Å². The van der Waals surface area contributed by atoms with E-state index in [1.807, 2.05) is 13.8 Å². The number of anilines is 1. The molecule has 0 aromatic carbocycles. The lowest BCUT2D eigenvalue weighted by atomic mass is 10.0. The number of rotatable bonds is 3. The molecule has 1 aromatic heterocycles. The second-order valence-corrected chi connectivity index (χ2v) is 4.90. The van der Waals surface area contributed by atoms with Crippen molar-refractivity contribution in [2.45, 2.75) is 26.3 Å². The van der Waals surface area contributed by atoms with Gasteiger partial charge in [-0.1, -0.05) is 5.16 Å². The average molecular weight is 253 g/mol. The van der Waals surface area contributed by atoms with E-state index in [0.717, 1.165) is 26.2 Å². The Labute approximate surface area is 106 Å². The first kappa shape index (κ1) is 13.0. The highest BCUT2D eigenvalue weighted by atomic mass is 16.5. The predicted molar refractivity (Wildman–Crippen MR) is 66.2 cm³/mol. The van der Waals surface area contributed by atoms with Crippen molar-refractivity contribution in [1.82, 2.24) is 20.4 Å². The summed E-state index contributed by atoms with van der Waals surface area (Å²) in [7, 11) is 0. The van der Waals surface area contributed by atoms with E-state index in [9.17, 15) is 4.79 Å². The summed E-state index contributed by atoms with van der Waals surface area (Å²) in [6.07, 6.45) is 0. The molecule has 7 nitrogen and oxygen atoms in total. The Balaban J connectivity index is 2.02. The van der Waals surface area contributed by atoms with Crippen LogP contribution in [-0.2, 0) is 4.79 Å². The van der Waals surface area contributed by atoms with Crippen LogP contribution in [0.4, 0.5) is 6.01 Å². The van der Waals surface area contributed by atoms with Crippen LogP contribution in [0.3, 0.4) is 0 Å². The minimum Gasteiger partial charge on any atom is -0.315 e. The summed E-state index contributed by atoms with van der Waals surface area (Å²) in [5.41, 5.74) is -0.593. The fraction of sp³-hybridized carbons (Fsp3) is 0.727. The zero-order chi connectivity index (χ0) is 13.2. The molecule has 7 heteroatoms. The number of carbonyl (C=O) groups is 1. The lowest BCUT2D eigenvalue weighted by Crippen LogP contribution is -2.58. The van der Waals surface area contributed by atoms with E-state index >= 15 is 0 Å². The maximum Gasteiger partial charge on any atom is 0.328 e. The standard InChI is InChI=1S/C11H19N5O2/c1-8-13-10(18-15-8)14-9(17)11(2,3)16-6-4-12-5-7-16/h12H,4-7H2,1-3H3,(H,13,14,15,17). The molecule has 18 heavy (non-hydrogen) atoms. The Hall–Kier alpha value is -1.47. The third-order valence-electron chi connectivity index (χ3n) is 3.21. The molecule has 2 heterocycles. The molecule has 0 radical (unpaired) electrons. The van der Waals surface area contributed by atoms with Crippen LogP contribution in [0, 0.1) is 6.92 Å². The lowest BCUT2D eigenvalue weighted by molar-refractivity contribution is -0.126. The molecule has 1 amide bonds. The molecule has 0 saturated carbocycles. The molecule has 1 saturated heterocycles. The largest absolute Gasteiger partial charge is 0.328 e. The Morgan fingerprint density at radius 1 is 1.44 bits per heavy atom. The number of hydrogen-bond acceptors (Lipinski definition) is 6. The maximum absolute atomic E-state index is 12.2. The molecular formula is C11H19N5O2. The fourth-order valence-corrected chi connectivity index (χ4v) is 1.97. The van der Waals surface area contributed by atoms with Crippen LogP contribution in [0.15, 0.2) is 4.52 Å². The molecule has 1 aliphatic rings. The van der Waals surface area contributed by atoms with Gasteiger partial charge in [0.05, 0.1) is 5.54 Å². The number of piperazine rings is 1. The first-order valence-electron chi connectivity index (χ1n) is 6.07. The Morgan fingerprint density at radius 2 is 2.11 bits per heavy atom. The summed E-state index contributed by atoms with van der Waals surface area (Å²) >= 11 is 0. The predicted octanol–water partition coefficient (Wildman–Crippen LogP) is 0.000320. The van der Waals surface area contributed by atoms with E-state index in [0.29, 0.717) is 5.82 Å². The van der Waals surface area contributed by atoms with Crippen LogP contribution in [0.1, 0.15) is 19.7 Å². The van der Waals surface area contributed by atoms with Crippen LogP contribution >= 0.6 is 0 Å². The number of aromatic nitrogens is 2. The third kappa shape index (κ3) is 2.68. The summed E-state index contributed by atoms with van der Waals surface area (Å²) in [6, 6.07) is 0.153. The minimum absolute atomic E-state index is 0.131. The van der Waals surface area contributed by atoms with E-state index in [1.54, 1.807) is 6.92 Å². The van der Waals surface area contributed by atoms with Crippen molar-refractivity contribution in [3.8, 4) is 0 Å². The molecule has 0 spiro atoms. The molecule has 1 aliphatic heterocycles. The number of amides is 1. The van der Waals surface area contributed by atoms with Crippen LogP contribution < -0.4 is 10.6 Å². The van der Waals surface area contributed by atoms with Gasteiger partial charge in [0.2, 0.25) is 5.91 Å². The number of nitrogens with zero attached hydrogens (tertiary/aromatic N) is 3. The van der Waals surface area contributed by atoms with E-state index in [1.165, 1.54) is 0 Å². The molecule has 0 unspecified atom stereocenters. The van der Waals surface area contributed by atoms with Crippen molar-refractivity contribution in [3.63, 3.8) is 0 Å². The number of aryl methyl sites for hydroxylation is 1. The molecule has 1 fully saturated rings. The summed E-state index contributed by atoms with van der Waals surface area (Å²) < 4.78 is 4.89. The SMILES string of the molecule is Cc1noc(NC(=O)C(C)(C)N2CCNCC2)n1. The van der Waals surface area contributed by atoms with Gasteiger partial charge in [0.15, 0.2) is 5.82 Å². The van der Waals surface area contributed by atoms with Gasteiger partial charge in [0.25, 0.3) is 0 Å². The zero-order valence-corrected chi connectivity index (χ0v) is 11.0. The Bertz CT molecular complexity index is 423. The minimum atomic E-state index is -0.593. The highest BCUT2D eigenvalue weighted by Crippen LogP contribution is 2.17. The molecule has 0 bridgehead atoms. The van der Waals surface area contributed by atoms with Crippen molar-refractivity contribution in [3.05, 3.63) is 5.82 Å². The number of carbonyl (C=O) groups excluding carboxylic acids is 1. The fourth-order valence-electron chi connectivity index (χ4n) is 1.97. The molecule has 2 rings (SSSR count). The third-order valence-corrected chi connectivity index (χ3v) is 3.21. The van der Waals surface area contributed by atoms with Gasteiger partial charge in [0, 0.05) is 26.2 Å². The van der Waals surface area contributed by atoms with Crippen molar-refractivity contribution >= 4 is 11.9 Å². The topological polar surface area (TPSA) is 83.3 Å². The maximum atomic E-state index is 12.2. The van der Waals surface area contributed by atoms with Crippen molar-refractivity contribution < 1.29 is 9.32 Å². The van der Waals surface area contributed by atoms with Gasteiger partial charge in [-0.25, -0.2) is 0 Å². The van der Waals surface area contributed by atoms with Gasteiger partial charge in [-0.15, -0.1) is 0 Å². The second kappa shape index (κ2) is 5.03. The van der Waals surface area contributed by atoms with Crippen LogP contribution in [0.5, 0.6) is 0 Å². The average Bonchev–Trinajstić information content (AvgIpc) is 2.76. The van der Waals surface area contributed by atoms with Gasteiger partial charge >= 0.3 is 6.01 Å². The van der Waals surface area contributed by atoms with Gasteiger partial charge in [-0.05, 0) is 20.8 Å². The highest BCUT2D eigenvalue weighted by Gasteiger charge is 2.35. The molecule has 1 aromatic rings. The van der Waals surface area contributed by atoms with Gasteiger partial charge in [0.1, 0.15) is 0 Å². The normalized spacial score (nSPS) is 17.7. The van der Waals surface area contributed by atoms with E-state index in [4.69, 9.17) is 4.52 Å². The molecule has 100 valence electrons. The molecule has 2 N–H and O–H groups in total. The van der Waals surface area contributed by atoms with Crippen LogP contribution in [0.2, 0.25) is 0 Å². The molecular weight excluding hydrogens is 234 g/mol. The van der Waals surface area contributed by atoms with Gasteiger partial charge < -0.3 is 9.84 Å². The molecule has 0 aliphatic carbocycles. The number of hydrogen-bond donors (Lipinski definition) is 2. The summed E-state index contributed by atoms with van der Waals surface area (Å²) in [5.74, 6) is 0.373. The zero-order valence-electron chi connectivity index (χ0n) is 11.0. The lowest BCUT2D eigenvalue weighted by Gasteiger charge is -2.39. The first-order valence-corrected chi connectivity index (χ1v) is 6.07. The van der Waals surface area contributed by atoms with E-state index in [2.05, 4.69) is 25.7 Å². The Kier molecular flexibility index (Phi) is 3.63. The van der Waals surface area contributed by atoms with E-state index < -0.39 is 5.54 Å². The van der Waals surface area contributed by atoms with Crippen molar-refractivity contribution in [2.24, 2.45) is 0 Å². The monoisotopic (exact) mass is 253 g/mol. The number of nitrogens with one attached hydrogen (secondary N) is 2. The molecule has 0 atom stereocenters. The van der Waals surface area contributed by atoms with Crippen molar-refractivity contribution in [1.29, 1.82) is 0 Å². The van der Waals surface area contributed by atoms with Gasteiger partial charge in [-0.3, -0.25) is 15.0 Å². The van der Waals surface area contributed by atoms with Crippen LogP contribution in [0.25, 0.3) is 0 Å². The highest BCUT2D eigenvalue weighted by molar-refractivity contribution is 5.95. The van der Waals surface area contributed by atoms with Crippen LogP contribution in [-0.4, -0.2) is 52.7 Å². The summed E-state index contributed by atoms with van der Waals surface area (Å²) in [5, 5.41) is 9.56. The Morgan fingerprint density at radius 3 is 2.67 bits per heavy atom. The smallest absolute Gasteiger partial charge is 0.315 e. The van der Waals surface area contributed by atoms with E-state index in [-0.39, 0.29) is 11.9 Å². The first-order chi connectivity index (χ1) is 8.50. The summed E-state index contributed by atoms with van der Waals surface area (Å²) in [6.45, 7) is 9.01. The quantitative estimate of drug-likeness (QED) is 0.789. The van der Waals surface area contributed by atoms with Gasteiger partial charge in [-0.2, -0.15) is 4.98 Å². The second-order valence-electron chi connectivity index (χ2n) is 4.90. The summed E-state index contributed by atoms with van der Waals surface area (Å²) in [4.78, 5) is 18.4.